The molecule has 1 amide bonds. The first kappa shape index (κ1) is 17.9. The molecule has 0 radical (unpaired) electrons. The number of aliphatic hydroxyl groups is 1. The van der Waals surface area contributed by atoms with Crippen LogP contribution in [0.4, 0.5) is 5.69 Å². The number of benzene rings is 2. The molecule has 0 aliphatic heterocycles. The summed E-state index contributed by atoms with van der Waals surface area (Å²) < 4.78 is 4.82. The van der Waals surface area contributed by atoms with Crippen LogP contribution < -0.4 is 10.2 Å². The predicted molar refractivity (Wildman–Crippen MR) is 88.5 cm³/mol. The number of nitrogens with one attached hydrogen (secondary N) is 1. The third kappa shape index (κ3) is 4.09. The number of rotatable bonds is 6. The standard InChI is InChI=1S/C16H15N3O6/c1-25-15-12(20)8-7-11(13(15)19(23)24)9-17-18-16(22)14(21)10-5-3-2-4-6-10/h2-9,14,20-21H,1H3,(H,18,22). The molecule has 9 nitrogen and oxygen atoms in total. The van der Waals surface area contributed by atoms with Gasteiger partial charge >= 0.3 is 5.69 Å². The molecule has 0 saturated carbocycles. The van der Waals surface area contributed by atoms with Gasteiger partial charge in [0.25, 0.3) is 5.91 Å². The highest BCUT2D eigenvalue weighted by molar-refractivity contribution is 5.89. The first-order valence-corrected chi connectivity index (χ1v) is 7.06. The molecule has 0 aliphatic carbocycles. The van der Waals surface area contributed by atoms with Crippen LogP contribution in [0.15, 0.2) is 47.6 Å². The number of hydrazone groups is 1. The topological polar surface area (TPSA) is 134 Å². The lowest BCUT2D eigenvalue weighted by Gasteiger charge is -2.09. The third-order valence-corrected chi connectivity index (χ3v) is 3.27. The minimum absolute atomic E-state index is 0.00847. The SMILES string of the molecule is COc1c(O)ccc(C=NNC(=O)C(O)c2ccccc2)c1[N+](=O)[O-]. The van der Waals surface area contributed by atoms with Gasteiger partial charge in [-0.2, -0.15) is 5.10 Å². The normalized spacial score (nSPS) is 11.9. The molecule has 0 aromatic heterocycles. The molecule has 0 bridgehead atoms. The predicted octanol–water partition coefficient (Wildman–Crippen LogP) is 1.49. The van der Waals surface area contributed by atoms with Crippen LogP contribution in [0.2, 0.25) is 0 Å². The maximum absolute atomic E-state index is 11.9. The van der Waals surface area contributed by atoms with Crippen LogP contribution in [0.3, 0.4) is 0 Å². The van der Waals surface area contributed by atoms with Gasteiger partial charge in [0, 0.05) is 0 Å². The summed E-state index contributed by atoms with van der Waals surface area (Å²) >= 11 is 0. The van der Waals surface area contributed by atoms with Crippen molar-refractivity contribution in [3.8, 4) is 11.5 Å². The van der Waals surface area contributed by atoms with E-state index in [2.05, 4.69) is 10.5 Å². The van der Waals surface area contributed by atoms with Gasteiger partial charge in [0.05, 0.1) is 23.8 Å². The van der Waals surface area contributed by atoms with E-state index >= 15 is 0 Å². The Morgan fingerprint density at radius 3 is 2.60 bits per heavy atom. The highest BCUT2D eigenvalue weighted by Gasteiger charge is 2.23. The molecule has 25 heavy (non-hydrogen) atoms. The Morgan fingerprint density at radius 1 is 1.32 bits per heavy atom. The molecule has 0 saturated heterocycles. The zero-order chi connectivity index (χ0) is 18.4. The maximum Gasteiger partial charge on any atom is 0.323 e. The first-order valence-electron chi connectivity index (χ1n) is 7.06. The Balaban J connectivity index is 2.17. The highest BCUT2D eigenvalue weighted by atomic mass is 16.6. The van der Waals surface area contributed by atoms with Gasteiger partial charge < -0.3 is 14.9 Å². The van der Waals surface area contributed by atoms with Gasteiger partial charge in [-0.15, -0.1) is 0 Å². The van der Waals surface area contributed by atoms with Crippen LogP contribution in [0.1, 0.15) is 17.2 Å². The summed E-state index contributed by atoms with van der Waals surface area (Å²) in [5, 5.41) is 34.3. The lowest BCUT2D eigenvalue weighted by Crippen LogP contribution is -2.25. The fraction of sp³-hybridized carbons (Fsp3) is 0.125. The van der Waals surface area contributed by atoms with E-state index in [9.17, 15) is 25.1 Å². The van der Waals surface area contributed by atoms with Gasteiger partial charge in [-0.05, 0) is 17.7 Å². The maximum atomic E-state index is 11.9. The average Bonchev–Trinajstić information content (AvgIpc) is 2.62. The zero-order valence-corrected chi connectivity index (χ0v) is 13.1. The molecule has 9 heteroatoms. The zero-order valence-electron chi connectivity index (χ0n) is 13.1. The Bertz CT molecular complexity index is 807. The minimum atomic E-state index is -1.43. The molecule has 3 N–H and O–H groups in total. The van der Waals surface area contributed by atoms with Crippen LogP contribution in [-0.4, -0.2) is 34.4 Å². The number of hydrogen-bond acceptors (Lipinski definition) is 7. The second-order valence-corrected chi connectivity index (χ2v) is 4.86. The number of hydrogen-bond donors (Lipinski definition) is 3. The number of aliphatic hydroxyl groups excluding tert-OH is 1. The quantitative estimate of drug-likeness (QED) is 0.412. The van der Waals surface area contributed by atoms with Crippen molar-refractivity contribution < 1.29 is 24.7 Å². The molecule has 1 unspecified atom stereocenters. The lowest BCUT2D eigenvalue weighted by molar-refractivity contribution is -0.386. The summed E-state index contributed by atoms with van der Waals surface area (Å²) in [6.07, 6.45) is -0.405. The molecule has 130 valence electrons. The second-order valence-electron chi connectivity index (χ2n) is 4.86. The monoisotopic (exact) mass is 345 g/mol. The molecular weight excluding hydrogens is 330 g/mol. The van der Waals surface area contributed by atoms with E-state index in [0.717, 1.165) is 6.21 Å². The van der Waals surface area contributed by atoms with Crippen LogP contribution in [-0.2, 0) is 4.79 Å². The van der Waals surface area contributed by atoms with Crippen molar-refractivity contribution in [1.29, 1.82) is 0 Å². The van der Waals surface area contributed by atoms with Gasteiger partial charge in [-0.3, -0.25) is 14.9 Å². The number of methoxy groups -OCH3 is 1. The van der Waals surface area contributed by atoms with Crippen molar-refractivity contribution >= 4 is 17.8 Å². The van der Waals surface area contributed by atoms with E-state index in [1.165, 1.54) is 19.2 Å². The summed E-state index contributed by atoms with van der Waals surface area (Å²) in [6.45, 7) is 0. The molecule has 0 heterocycles. The number of carbonyl (C=O) groups excluding carboxylic acids is 1. The van der Waals surface area contributed by atoms with Crippen LogP contribution >= 0.6 is 0 Å². The van der Waals surface area contributed by atoms with Crippen molar-refractivity contribution in [2.75, 3.05) is 7.11 Å². The molecule has 1 atom stereocenters. The van der Waals surface area contributed by atoms with Gasteiger partial charge in [0.1, 0.15) is 0 Å². The summed E-state index contributed by atoms with van der Waals surface area (Å²) in [5.74, 6) is -1.50. The van der Waals surface area contributed by atoms with Crippen molar-refractivity contribution in [3.05, 3.63) is 63.7 Å². The van der Waals surface area contributed by atoms with E-state index in [-0.39, 0.29) is 11.3 Å². The number of aromatic hydroxyl groups is 1. The summed E-state index contributed by atoms with van der Waals surface area (Å²) in [4.78, 5) is 22.3. The largest absolute Gasteiger partial charge is 0.504 e. The molecule has 0 fully saturated rings. The molecule has 2 rings (SSSR count). The van der Waals surface area contributed by atoms with Gasteiger partial charge in [0.2, 0.25) is 5.75 Å². The third-order valence-electron chi connectivity index (χ3n) is 3.27. The number of carbonyl (C=O) groups is 1. The van der Waals surface area contributed by atoms with Crippen molar-refractivity contribution in [2.24, 2.45) is 5.10 Å². The molecule has 0 spiro atoms. The molecule has 2 aromatic carbocycles. The Morgan fingerprint density at radius 2 is 2.00 bits per heavy atom. The first-order chi connectivity index (χ1) is 12.0. The highest BCUT2D eigenvalue weighted by Crippen LogP contribution is 2.37. The van der Waals surface area contributed by atoms with Crippen molar-refractivity contribution in [3.63, 3.8) is 0 Å². The summed E-state index contributed by atoms with van der Waals surface area (Å²) in [7, 11) is 1.18. The number of nitro benzene ring substituents is 1. The fourth-order valence-electron chi connectivity index (χ4n) is 2.08. The average molecular weight is 345 g/mol. The van der Waals surface area contributed by atoms with E-state index < -0.39 is 28.4 Å². The van der Waals surface area contributed by atoms with Gasteiger partial charge in [0.15, 0.2) is 11.9 Å². The smallest absolute Gasteiger partial charge is 0.323 e. The van der Waals surface area contributed by atoms with Crippen molar-refractivity contribution in [2.45, 2.75) is 6.10 Å². The van der Waals surface area contributed by atoms with Crippen LogP contribution in [0.5, 0.6) is 11.5 Å². The van der Waals surface area contributed by atoms with Gasteiger partial charge in [-0.25, -0.2) is 5.43 Å². The van der Waals surface area contributed by atoms with E-state index in [4.69, 9.17) is 4.74 Å². The van der Waals surface area contributed by atoms with Crippen LogP contribution in [0.25, 0.3) is 0 Å². The fourth-order valence-corrected chi connectivity index (χ4v) is 2.08. The van der Waals surface area contributed by atoms with Crippen LogP contribution in [0, 0.1) is 10.1 Å². The van der Waals surface area contributed by atoms with Crippen molar-refractivity contribution in [1.82, 2.24) is 5.43 Å². The summed E-state index contributed by atoms with van der Waals surface area (Å²) in [5.41, 5.74) is 2.00. The number of nitro groups is 1. The lowest BCUT2D eigenvalue weighted by atomic mass is 10.1. The Labute approximate surface area is 142 Å². The molecule has 2 aromatic rings. The second kappa shape index (κ2) is 7.88. The Hall–Kier alpha value is -3.46. The molecular formula is C16H15N3O6. The number of phenolic OH excluding ortho intramolecular Hbond substituents is 1. The van der Waals surface area contributed by atoms with E-state index in [1.807, 2.05) is 0 Å². The molecule has 0 aliphatic rings. The van der Waals surface area contributed by atoms with E-state index in [0.29, 0.717) is 5.56 Å². The number of phenols is 1. The minimum Gasteiger partial charge on any atom is -0.504 e. The van der Waals surface area contributed by atoms with E-state index in [1.54, 1.807) is 30.3 Å². The summed E-state index contributed by atoms with van der Waals surface area (Å²) in [6, 6.07) is 10.7. The number of amides is 1. The van der Waals surface area contributed by atoms with Gasteiger partial charge in [-0.1, -0.05) is 30.3 Å². The number of ether oxygens (including phenoxy) is 1. The Kier molecular flexibility index (Phi) is 5.64. The number of nitrogens with zero attached hydrogens (tertiary/aromatic N) is 2.